The molecule has 0 saturated heterocycles. The Hall–Kier alpha value is -5.05. The van der Waals surface area contributed by atoms with Crippen LogP contribution in [0.25, 0.3) is 11.8 Å². The van der Waals surface area contributed by atoms with E-state index in [2.05, 4.69) is 41.6 Å². The highest BCUT2D eigenvalue weighted by atomic mass is 16.7. The fourth-order valence-electron chi connectivity index (χ4n) is 4.03. The molecule has 5 rings (SSSR count). The number of aromatic nitrogens is 3. The minimum atomic E-state index is -0.207. The number of benzene rings is 3. The van der Waals surface area contributed by atoms with E-state index in [4.69, 9.17) is 18.9 Å². The Morgan fingerprint density at radius 2 is 1.88 bits per heavy atom. The maximum Gasteiger partial charge on any atom is 0.244 e. The lowest BCUT2D eigenvalue weighted by Gasteiger charge is -2.11. The number of hydrogen-bond donors (Lipinski definition) is 1. The lowest BCUT2D eigenvalue weighted by atomic mass is 10.1. The summed E-state index contributed by atoms with van der Waals surface area (Å²) in [6.45, 7) is 4.96. The van der Waals surface area contributed by atoms with Crippen molar-refractivity contribution < 1.29 is 23.7 Å². The van der Waals surface area contributed by atoms with Gasteiger partial charge in [0, 0.05) is 12.6 Å². The van der Waals surface area contributed by atoms with Crippen LogP contribution in [0, 0.1) is 13.8 Å². The maximum absolute atomic E-state index is 12.3. The van der Waals surface area contributed by atoms with Crippen LogP contribution >= 0.6 is 0 Å². The zero-order chi connectivity index (χ0) is 27.9. The summed E-state index contributed by atoms with van der Waals surface area (Å²) in [6, 6.07) is 17.4. The summed E-state index contributed by atoms with van der Waals surface area (Å²) in [7, 11) is 1.58. The van der Waals surface area contributed by atoms with Gasteiger partial charge in [-0.15, -0.1) is 5.10 Å². The molecule has 9 nitrogen and oxygen atoms in total. The summed E-state index contributed by atoms with van der Waals surface area (Å²) in [5, 5.41) is 11.3. The van der Waals surface area contributed by atoms with Gasteiger partial charge in [-0.1, -0.05) is 41.6 Å². The first-order valence-corrected chi connectivity index (χ1v) is 12.8. The summed E-state index contributed by atoms with van der Waals surface area (Å²) >= 11 is 0. The predicted molar refractivity (Wildman–Crippen MR) is 151 cm³/mol. The number of methoxy groups -OCH3 is 1. The predicted octanol–water partition coefficient (Wildman–Crippen LogP) is 5.09. The zero-order valence-corrected chi connectivity index (χ0v) is 22.6. The third-order valence-electron chi connectivity index (χ3n) is 6.41. The van der Waals surface area contributed by atoms with E-state index in [0.29, 0.717) is 23.7 Å². The quantitative estimate of drug-likeness (QED) is 0.222. The Balaban J connectivity index is 1.12. The molecule has 1 amide bonds. The molecular formula is C31H30N4O5. The minimum Gasteiger partial charge on any atom is -0.493 e. The number of nitrogens with zero attached hydrogens (tertiary/aromatic N) is 3. The molecule has 0 bridgehead atoms. The molecule has 0 spiro atoms. The summed E-state index contributed by atoms with van der Waals surface area (Å²) in [6.07, 6.45) is 8.70. The Kier molecular flexibility index (Phi) is 8.10. The van der Waals surface area contributed by atoms with Crippen LogP contribution in [0.15, 0.2) is 79.0 Å². The number of rotatable bonds is 10. The molecule has 1 N–H and O–H groups in total. The number of ether oxygens (including phenoxy) is 4. The second kappa shape index (κ2) is 12.2. The van der Waals surface area contributed by atoms with Crippen molar-refractivity contribution in [2.75, 3.05) is 13.9 Å². The van der Waals surface area contributed by atoms with Crippen molar-refractivity contribution in [3.8, 4) is 28.7 Å². The van der Waals surface area contributed by atoms with Crippen LogP contribution < -0.4 is 24.3 Å². The molecule has 4 aromatic rings. The van der Waals surface area contributed by atoms with Gasteiger partial charge >= 0.3 is 0 Å². The van der Waals surface area contributed by atoms with Gasteiger partial charge in [-0.05, 0) is 72.5 Å². The van der Waals surface area contributed by atoms with Crippen LogP contribution in [0.1, 0.15) is 27.9 Å². The molecule has 204 valence electrons. The maximum atomic E-state index is 12.3. The molecule has 1 aliphatic rings. The summed E-state index contributed by atoms with van der Waals surface area (Å²) in [5.74, 6) is 2.39. The van der Waals surface area contributed by atoms with Gasteiger partial charge in [0.2, 0.25) is 12.7 Å². The monoisotopic (exact) mass is 538 g/mol. The normalized spacial score (nSPS) is 12.3. The molecule has 1 aromatic heterocycles. The van der Waals surface area contributed by atoms with E-state index in [0.717, 1.165) is 28.3 Å². The summed E-state index contributed by atoms with van der Waals surface area (Å²) in [4.78, 5) is 12.3. The standard InChI is InChI=1S/C31H30N4O5/c1-21-8-11-26(14-22(21)2)35-18-25(33-34-35)19-38-27-13-10-24(16-29(27)37-3)17-32-31(36)7-5-4-6-23-9-12-28-30(15-23)40-20-39-28/h4-16,18H,17,19-20H2,1-3H3,(H,32,36)/b6-4+,7-5+. The highest BCUT2D eigenvalue weighted by Gasteiger charge is 2.12. The van der Waals surface area contributed by atoms with Crippen molar-refractivity contribution in [2.45, 2.75) is 27.0 Å². The number of amides is 1. The number of carbonyl (C=O) groups is 1. The molecule has 40 heavy (non-hydrogen) atoms. The van der Waals surface area contributed by atoms with Gasteiger partial charge in [0.05, 0.1) is 19.0 Å². The molecule has 1 aliphatic heterocycles. The van der Waals surface area contributed by atoms with E-state index in [1.807, 2.05) is 54.7 Å². The van der Waals surface area contributed by atoms with Gasteiger partial charge in [0.15, 0.2) is 23.0 Å². The molecule has 2 heterocycles. The van der Waals surface area contributed by atoms with Gasteiger partial charge < -0.3 is 24.3 Å². The van der Waals surface area contributed by atoms with Crippen LogP contribution in [0.3, 0.4) is 0 Å². The number of nitrogens with one attached hydrogen (secondary N) is 1. The molecule has 0 radical (unpaired) electrons. The third-order valence-corrected chi connectivity index (χ3v) is 6.41. The smallest absolute Gasteiger partial charge is 0.244 e. The van der Waals surface area contributed by atoms with Crippen LogP contribution in [-0.4, -0.2) is 34.8 Å². The second-order valence-electron chi connectivity index (χ2n) is 9.25. The lowest BCUT2D eigenvalue weighted by Crippen LogP contribution is -2.20. The zero-order valence-electron chi connectivity index (χ0n) is 22.6. The molecule has 3 aromatic carbocycles. The number of allylic oxidation sites excluding steroid dienone is 2. The van der Waals surface area contributed by atoms with Crippen LogP contribution in [0.2, 0.25) is 0 Å². The van der Waals surface area contributed by atoms with Crippen LogP contribution in [-0.2, 0) is 17.9 Å². The Morgan fingerprint density at radius 1 is 1.00 bits per heavy atom. The highest BCUT2D eigenvalue weighted by molar-refractivity contribution is 5.87. The van der Waals surface area contributed by atoms with E-state index in [9.17, 15) is 4.79 Å². The SMILES string of the molecule is COc1cc(CNC(=O)/C=C/C=C/c2ccc3c(c2)OCO3)ccc1OCc1cn(-c2ccc(C)c(C)c2)nn1. The Morgan fingerprint density at radius 3 is 2.73 bits per heavy atom. The van der Waals surface area contributed by atoms with Gasteiger partial charge in [0.1, 0.15) is 12.3 Å². The average Bonchev–Trinajstić information content (AvgIpc) is 3.64. The number of hydrogen-bond acceptors (Lipinski definition) is 7. The fourth-order valence-corrected chi connectivity index (χ4v) is 4.03. The van der Waals surface area contributed by atoms with Crippen molar-refractivity contribution in [2.24, 2.45) is 0 Å². The first-order chi connectivity index (χ1) is 19.5. The third kappa shape index (κ3) is 6.50. The lowest BCUT2D eigenvalue weighted by molar-refractivity contribution is -0.116. The topological polar surface area (TPSA) is 96.7 Å². The van der Waals surface area contributed by atoms with Gasteiger partial charge in [-0.2, -0.15) is 0 Å². The summed E-state index contributed by atoms with van der Waals surface area (Å²) in [5.41, 5.74) is 5.89. The first-order valence-electron chi connectivity index (χ1n) is 12.8. The molecular weight excluding hydrogens is 508 g/mol. The van der Waals surface area contributed by atoms with Gasteiger partial charge in [-0.3, -0.25) is 4.79 Å². The molecule has 0 saturated carbocycles. The molecule has 0 unspecified atom stereocenters. The number of fused-ring (bicyclic) bond motifs is 1. The minimum absolute atomic E-state index is 0.207. The van der Waals surface area contributed by atoms with E-state index in [-0.39, 0.29) is 19.3 Å². The molecule has 0 atom stereocenters. The Labute approximate surface area is 232 Å². The van der Waals surface area contributed by atoms with E-state index in [1.54, 1.807) is 23.9 Å². The van der Waals surface area contributed by atoms with Crippen molar-refractivity contribution in [1.82, 2.24) is 20.3 Å². The number of aryl methyl sites for hydroxylation is 2. The van der Waals surface area contributed by atoms with Gasteiger partial charge in [-0.25, -0.2) is 4.68 Å². The number of carbonyl (C=O) groups excluding carboxylic acids is 1. The first kappa shape index (κ1) is 26.6. The molecule has 9 heteroatoms. The highest BCUT2D eigenvalue weighted by Crippen LogP contribution is 2.33. The Bertz CT molecular complexity index is 1570. The van der Waals surface area contributed by atoms with Crippen LogP contribution in [0.5, 0.6) is 23.0 Å². The fraction of sp³-hybridized carbons (Fsp3) is 0.194. The van der Waals surface area contributed by atoms with Crippen molar-refractivity contribution in [1.29, 1.82) is 0 Å². The van der Waals surface area contributed by atoms with Gasteiger partial charge in [0.25, 0.3) is 0 Å². The van der Waals surface area contributed by atoms with E-state index >= 15 is 0 Å². The van der Waals surface area contributed by atoms with Crippen molar-refractivity contribution >= 4 is 12.0 Å². The second-order valence-corrected chi connectivity index (χ2v) is 9.25. The largest absolute Gasteiger partial charge is 0.493 e. The van der Waals surface area contributed by atoms with Crippen molar-refractivity contribution in [3.05, 3.63) is 107 Å². The average molecular weight is 539 g/mol. The summed E-state index contributed by atoms with van der Waals surface area (Å²) < 4.78 is 23.9. The van der Waals surface area contributed by atoms with Crippen molar-refractivity contribution in [3.63, 3.8) is 0 Å². The van der Waals surface area contributed by atoms with Crippen LogP contribution in [0.4, 0.5) is 0 Å². The van der Waals surface area contributed by atoms with E-state index < -0.39 is 0 Å². The molecule has 0 fully saturated rings. The molecule has 0 aliphatic carbocycles. The van der Waals surface area contributed by atoms with E-state index in [1.165, 1.54) is 17.2 Å².